The van der Waals surface area contributed by atoms with Crippen LogP contribution in [0.25, 0.3) is 0 Å². The van der Waals surface area contributed by atoms with Crippen molar-refractivity contribution < 1.29 is 24.2 Å². The van der Waals surface area contributed by atoms with Gasteiger partial charge in [0.2, 0.25) is 13.3 Å². The maximum absolute atomic E-state index is 13.1. The van der Waals surface area contributed by atoms with Gasteiger partial charge in [-0.1, -0.05) is 60.7 Å². The number of carboxylic acids is 1. The Labute approximate surface area is 193 Å². The maximum Gasteiger partial charge on any atom is 0.326 e. The summed E-state index contributed by atoms with van der Waals surface area (Å²) in [6, 6.07) is 17.0. The number of hydrogen-bond acceptors (Lipinski definition) is 5. The van der Waals surface area contributed by atoms with Crippen molar-refractivity contribution in [2.24, 2.45) is 11.7 Å². The van der Waals surface area contributed by atoms with Crippen LogP contribution in [0.1, 0.15) is 17.5 Å². The number of benzene rings is 2. The molecular formula is C23H31N2O5PS. The largest absolute Gasteiger partial charge is 0.480 e. The van der Waals surface area contributed by atoms with Gasteiger partial charge in [0, 0.05) is 12.6 Å². The SMILES string of the molecule is CSCCC(N)P(=O)(O)CC(Cc1ccccc1)C(=O)N[C@@H](Cc1ccccc1)C(=O)O. The van der Waals surface area contributed by atoms with Gasteiger partial charge in [0.1, 0.15) is 6.04 Å². The van der Waals surface area contributed by atoms with Gasteiger partial charge >= 0.3 is 5.97 Å². The van der Waals surface area contributed by atoms with Crippen LogP contribution >= 0.6 is 19.1 Å². The predicted molar refractivity (Wildman–Crippen MR) is 129 cm³/mol. The fourth-order valence-corrected chi connectivity index (χ4v) is 5.76. The van der Waals surface area contributed by atoms with E-state index >= 15 is 0 Å². The molecule has 2 aromatic rings. The van der Waals surface area contributed by atoms with E-state index in [1.54, 1.807) is 24.3 Å². The molecule has 0 saturated heterocycles. The van der Waals surface area contributed by atoms with Crippen LogP contribution in [0.3, 0.4) is 0 Å². The van der Waals surface area contributed by atoms with Crippen molar-refractivity contribution in [1.82, 2.24) is 5.32 Å². The normalized spacial score (nSPS) is 15.8. The summed E-state index contributed by atoms with van der Waals surface area (Å²) in [5.74, 6) is -2.90. The Bertz CT molecular complexity index is 913. The van der Waals surface area contributed by atoms with E-state index in [9.17, 15) is 24.2 Å². The third kappa shape index (κ3) is 8.43. The molecular weight excluding hydrogens is 447 g/mol. The van der Waals surface area contributed by atoms with Crippen molar-refractivity contribution in [1.29, 1.82) is 0 Å². The fraction of sp³-hybridized carbons (Fsp3) is 0.391. The summed E-state index contributed by atoms with van der Waals surface area (Å²) < 4.78 is 13.0. The molecule has 174 valence electrons. The summed E-state index contributed by atoms with van der Waals surface area (Å²) in [7, 11) is -3.84. The molecule has 7 nitrogen and oxygen atoms in total. The van der Waals surface area contributed by atoms with Crippen LogP contribution in [0.4, 0.5) is 0 Å². The lowest BCUT2D eigenvalue weighted by Gasteiger charge is -2.25. The van der Waals surface area contributed by atoms with Crippen LogP contribution in [0, 0.1) is 5.92 Å². The van der Waals surface area contributed by atoms with Gasteiger partial charge in [-0.2, -0.15) is 11.8 Å². The minimum atomic E-state index is -3.84. The molecule has 0 bridgehead atoms. The first-order chi connectivity index (χ1) is 15.2. The second-order valence-electron chi connectivity index (χ2n) is 7.76. The number of hydrogen-bond donors (Lipinski definition) is 4. The highest BCUT2D eigenvalue weighted by Crippen LogP contribution is 2.47. The molecule has 0 aliphatic heterocycles. The monoisotopic (exact) mass is 478 g/mol. The highest BCUT2D eigenvalue weighted by atomic mass is 32.2. The van der Waals surface area contributed by atoms with Crippen molar-refractivity contribution in [3.8, 4) is 0 Å². The van der Waals surface area contributed by atoms with Gasteiger partial charge in [0.05, 0.1) is 11.7 Å². The Morgan fingerprint density at radius 3 is 2.06 bits per heavy atom. The number of aliphatic carboxylic acids is 1. The number of carbonyl (C=O) groups excluding carboxylic acids is 1. The van der Waals surface area contributed by atoms with Gasteiger partial charge in [-0.3, -0.25) is 9.36 Å². The molecule has 5 N–H and O–H groups in total. The molecule has 3 unspecified atom stereocenters. The number of nitrogens with two attached hydrogens (primary N) is 1. The zero-order valence-corrected chi connectivity index (χ0v) is 19.8. The third-order valence-corrected chi connectivity index (χ3v) is 8.11. The van der Waals surface area contributed by atoms with Crippen LogP contribution in [-0.2, 0) is 27.0 Å². The lowest BCUT2D eigenvalue weighted by atomic mass is 9.99. The van der Waals surface area contributed by atoms with E-state index in [4.69, 9.17) is 5.73 Å². The quantitative estimate of drug-likeness (QED) is 0.326. The Hall–Kier alpha value is -2.12. The molecule has 1 amide bonds. The molecule has 0 aliphatic rings. The Kier molecular flexibility index (Phi) is 10.5. The topological polar surface area (TPSA) is 130 Å². The van der Waals surface area contributed by atoms with Crippen molar-refractivity contribution in [3.63, 3.8) is 0 Å². The van der Waals surface area contributed by atoms with Gasteiger partial charge in [0.15, 0.2) is 0 Å². The number of carboxylic acid groups (broad SMARTS) is 1. The van der Waals surface area contributed by atoms with Crippen LogP contribution in [0.5, 0.6) is 0 Å². The minimum absolute atomic E-state index is 0.115. The smallest absolute Gasteiger partial charge is 0.326 e. The maximum atomic E-state index is 13.1. The summed E-state index contributed by atoms with van der Waals surface area (Å²) in [6.45, 7) is 0. The molecule has 0 fully saturated rings. The van der Waals surface area contributed by atoms with E-state index in [2.05, 4.69) is 5.32 Å². The molecule has 0 spiro atoms. The number of carbonyl (C=O) groups is 2. The van der Waals surface area contributed by atoms with Crippen molar-refractivity contribution in [2.45, 2.75) is 31.1 Å². The van der Waals surface area contributed by atoms with E-state index in [-0.39, 0.29) is 19.0 Å². The van der Waals surface area contributed by atoms with Crippen LogP contribution < -0.4 is 11.1 Å². The number of thioether (sulfide) groups is 1. The fourth-order valence-electron chi connectivity index (χ4n) is 3.37. The number of amides is 1. The number of nitrogens with one attached hydrogen (secondary N) is 1. The average molecular weight is 479 g/mol. The molecule has 0 saturated carbocycles. The molecule has 2 aromatic carbocycles. The molecule has 0 aliphatic carbocycles. The molecule has 0 heterocycles. The molecule has 9 heteroatoms. The first-order valence-electron chi connectivity index (χ1n) is 10.4. The Balaban J connectivity index is 2.20. The van der Waals surface area contributed by atoms with Gasteiger partial charge in [-0.05, 0) is 36.0 Å². The van der Waals surface area contributed by atoms with Gasteiger partial charge < -0.3 is 21.1 Å². The average Bonchev–Trinajstić information content (AvgIpc) is 2.77. The zero-order chi connectivity index (χ0) is 23.6. The van der Waals surface area contributed by atoms with E-state index in [0.29, 0.717) is 12.2 Å². The Morgan fingerprint density at radius 2 is 1.56 bits per heavy atom. The highest BCUT2D eigenvalue weighted by molar-refractivity contribution is 7.98. The van der Waals surface area contributed by atoms with E-state index in [1.165, 1.54) is 11.8 Å². The van der Waals surface area contributed by atoms with Gasteiger partial charge in [-0.15, -0.1) is 0 Å². The zero-order valence-electron chi connectivity index (χ0n) is 18.1. The summed E-state index contributed by atoms with van der Waals surface area (Å²) in [5.41, 5.74) is 7.57. The van der Waals surface area contributed by atoms with Crippen LogP contribution in [0.2, 0.25) is 0 Å². The van der Waals surface area contributed by atoms with Crippen LogP contribution in [-0.4, -0.2) is 51.9 Å². The van der Waals surface area contributed by atoms with Gasteiger partial charge in [-0.25, -0.2) is 4.79 Å². The lowest BCUT2D eigenvalue weighted by molar-refractivity contribution is -0.142. The summed E-state index contributed by atoms with van der Waals surface area (Å²) in [6.07, 6.45) is 2.27. The van der Waals surface area contributed by atoms with Crippen LogP contribution in [0.15, 0.2) is 60.7 Å². The van der Waals surface area contributed by atoms with Crippen molar-refractivity contribution >= 4 is 31.0 Å². The van der Waals surface area contributed by atoms with Crippen molar-refractivity contribution in [2.75, 3.05) is 18.2 Å². The van der Waals surface area contributed by atoms with Crippen molar-refractivity contribution in [3.05, 3.63) is 71.8 Å². The second-order valence-corrected chi connectivity index (χ2v) is 11.3. The summed E-state index contributed by atoms with van der Waals surface area (Å²) in [4.78, 5) is 35.5. The summed E-state index contributed by atoms with van der Waals surface area (Å²) in [5, 5.41) is 12.2. The van der Waals surface area contributed by atoms with E-state index in [1.807, 2.05) is 42.7 Å². The molecule has 32 heavy (non-hydrogen) atoms. The lowest BCUT2D eigenvalue weighted by Crippen LogP contribution is -2.46. The highest BCUT2D eigenvalue weighted by Gasteiger charge is 2.35. The molecule has 4 atom stereocenters. The summed E-state index contributed by atoms with van der Waals surface area (Å²) >= 11 is 1.53. The first kappa shape index (κ1) is 26.1. The molecule has 2 rings (SSSR count). The molecule has 0 aromatic heterocycles. The Morgan fingerprint density at radius 1 is 1.03 bits per heavy atom. The van der Waals surface area contributed by atoms with Gasteiger partial charge in [0.25, 0.3) is 0 Å². The number of rotatable bonds is 13. The standard InChI is InChI=1S/C23H31N2O5PS/c1-32-13-12-21(24)31(29,30)16-19(14-17-8-4-2-5-9-17)22(26)25-20(23(27)28)15-18-10-6-3-7-11-18/h2-11,19-21H,12-16,24H2,1H3,(H,25,26)(H,27,28)(H,29,30)/t19?,20-,21?/m0/s1. The minimum Gasteiger partial charge on any atom is -0.480 e. The molecule has 0 radical (unpaired) electrons. The second kappa shape index (κ2) is 12.8. The third-order valence-electron chi connectivity index (χ3n) is 5.21. The predicted octanol–water partition coefficient (Wildman–Crippen LogP) is 2.97. The van der Waals surface area contributed by atoms with E-state index < -0.39 is 37.0 Å². The van der Waals surface area contributed by atoms with E-state index in [0.717, 1.165) is 11.1 Å². The first-order valence-corrected chi connectivity index (χ1v) is 13.7.